The molecule has 0 unspecified atom stereocenters. The molecule has 3 nitrogen and oxygen atoms in total. The van der Waals surface area contributed by atoms with Crippen LogP contribution < -0.4 is 0 Å². The maximum absolute atomic E-state index is 12.1. The van der Waals surface area contributed by atoms with Crippen molar-refractivity contribution in [1.29, 1.82) is 0 Å². The summed E-state index contributed by atoms with van der Waals surface area (Å²) in [6.45, 7) is 8.14. The number of allylic oxidation sites excluding steroid dienone is 1. The van der Waals surface area contributed by atoms with Crippen LogP contribution in [0.15, 0.2) is 18.5 Å². The highest BCUT2D eigenvalue weighted by Gasteiger charge is 2.14. The number of unbranched alkanes of at least 4 members (excludes halogenated alkanes) is 2. The SMILES string of the molecule is C=C(C#CC(=O)c1ncn(C)c1CCCC)CCCC. The molecule has 1 rings (SSSR count). The molecule has 0 atom stereocenters. The number of Topliss-reactive ketones (excluding diaryl/α,β-unsaturated/α-hetero) is 1. The highest BCUT2D eigenvalue weighted by Crippen LogP contribution is 2.11. The number of aromatic nitrogens is 2. The molecule has 1 heterocycles. The topological polar surface area (TPSA) is 34.9 Å². The minimum absolute atomic E-state index is 0.200. The first-order valence-corrected chi connectivity index (χ1v) is 7.34. The molecule has 0 aliphatic carbocycles. The Labute approximate surface area is 122 Å². The van der Waals surface area contributed by atoms with E-state index in [0.29, 0.717) is 5.69 Å². The number of rotatable bonds is 7. The summed E-state index contributed by atoms with van der Waals surface area (Å²) < 4.78 is 1.91. The Balaban J connectivity index is 2.78. The van der Waals surface area contributed by atoms with Gasteiger partial charge in [-0.15, -0.1) is 0 Å². The number of carbonyl (C=O) groups is 1. The highest BCUT2D eigenvalue weighted by molar-refractivity contribution is 6.08. The standard InChI is InChI=1S/C17H24N2O/c1-5-7-9-14(3)11-12-16(20)17-15(10-8-6-2)19(4)13-18-17/h13H,3,5-10H2,1-2,4H3. The zero-order valence-electron chi connectivity index (χ0n) is 12.8. The molecule has 108 valence electrons. The van der Waals surface area contributed by atoms with Crippen LogP contribution in [-0.4, -0.2) is 15.3 Å². The Morgan fingerprint density at radius 1 is 1.30 bits per heavy atom. The first-order valence-electron chi connectivity index (χ1n) is 7.34. The van der Waals surface area contributed by atoms with E-state index in [0.717, 1.165) is 49.8 Å². The smallest absolute Gasteiger partial charge is 0.256 e. The van der Waals surface area contributed by atoms with Crippen LogP contribution in [0.5, 0.6) is 0 Å². The van der Waals surface area contributed by atoms with Crippen molar-refractivity contribution >= 4 is 5.78 Å². The van der Waals surface area contributed by atoms with Crippen molar-refractivity contribution in [1.82, 2.24) is 9.55 Å². The molecule has 20 heavy (non-hydrogen) atoms. The zero-order chi connectivity index (χ0) is 15.0. The van der Waals surface area contributed by atoms with Gasteiger partial charge in [0.2, 0.25) is 0 Å². The molecule has 0 spiro atoms. The molecule has 1 aromatic rings. The molecule has 0 N–H and O–H groups in total. The Morgan fingerprint density at radius 2 is 2.00 bits per heavy atom. The third-order valence-electron chi connectivity index (χ3n) is 3.23. The van der Waals surface area contributed by atoms with E-state index in [4.69, 9.17) is 0 Å². The number of nitrogens with zero attached hydrogens (tertiary/aromatic N) is 2. The van der Waals surface area contributed by atoms with Gasteiger partial charge >= 0.3 is 0 Å². The van der Waals surface area contributed by atoms with E-state index in [1.807, 2.05) is 11.6 Å². The van der Waals surface area contributed by atoms with Gasteiger partial charge < -0.3 is 4.57 Å². The minimum Gasteiger partial charge on any atom is -0.337 e. The van der Waals surface area contributed by atoms with Gasteiger partial charge in [0, 0.05) is 12.7 Å². The van der Waals surface area contributed by atoms with Gasteiger partial charge in [0.15, 0.2) is 0 Å². The second-order valence-corrected chi connectivity index (χ2v) is 5.04. The molecule has 0 aliphatic rings. The molecular weight excluding hydrogens is 248 g/mol. The first-order chi connectivity index (χ1) is 9.60. The molecule has 0 amide bonds. The van der Waals surface area contributed by atoms with Crippen LogP contribution in [0.2, 0.25) is 0 Å². The highest BCUT2D eigenvalue weighted by atomic mass is 16.1. The van der Waals surface area contributed by atoms with Crippen LogP contribution in [0, 0.1) is 11.8 Å². The third-order valence-corrected chi connectivity index (χ3v) is 3.23. The fraction of sp³-hybridized carbons (Fsp3) is 0.529. The summed E-state index contributed by atoms with van der Waals surface area (Å²) in [6, 6.07) is 0. The van der Waals surface area contributed by atoms with Gasteiger partial charge in [0.25, 0.3) is 5.78 Å². The van der Waals surface area contributed by atoms with Crippen LogP contribution in [-0.2, 0) is 13.5 Å². The van der Waals surface area contributed by atoms with Gasteiger partial charge in [0.1, 0.15) is 5.69 Å². The third kappa shape index (κ3) is 4.70. The molecule has 0 fully saturated rings. The fourth-order valence-corrected chi connectivity index (χ4v) is 1.94. The number of carbonyl (C=O) groups excluding carboxylic acids is 1. The molecule has 0 radical (unpaired) electrons. The number of hydrogen-bond acceptors (Lipinski definition) is 2. The summed E-state index contributed by atoms with van der Waals surface area (Å²) in [5.41, 5.74) is 2.30. The van der Waals surface area contributed by atoms with Crippen LogP contribution in [0.3, 0.4) is 0 Å². The van der Waals surface area contributed by atoms with Crippen molar-refractivity contribution in [3.8, 4) is 11.8 Å². The summed E-state index contributed by atoms with van der Waals surface area (Å²) >= 11 is 0. The van der Waals surface area contributed by atoms with E-state index in [2.05, 4.69) is 37.3 Å². The summed E-state index contributed by atoms with van der Waals surface area (Å²) in [4.78, 5) is 16.3. The maximum atomic E-state index is 12.1. The van der Waals surface area contributed by atoms with E-state index in [1.165, 1.54) is 0 Å². The predicted octanol–water partition coefficient (Wildman–Crippen LogP) is 3.70. The minimum atomic E-state index is -0.200. The van der Waals surface area contributed by atoms with E-state index in [9.17, 15) is 4.79 Å². The molecule has 0 saturated carbocycles. The first kappa shape index (κ1) is 16.2. The molecule has 0 aromatic carbocycles. The zero-order valence-corrected chi connectivity index (χ0v) is 12.8. The second kappa shape index (κ2) is 8.37. The number of aryl methyl sites for hydroxylation is 1. The Kier molecular flexibility index (Phi) is 6.79. The summed E-state index contributed by atoms with van der Waals surface area (Å²) in [6.07, 6.45) is 7.73. The maximum Gasteiger partial charge on any atom is 0.256 e. The van der Waals surface area contributed by atoms with Crippen molar-refractivity contribution < 1.29 is 4.79 Å². The number of ketones is 1. The predicted molar refractivity (Wildman–Crippen MR) is 82.6 cm³/mol. The van der Waals surface area contributed by atoms with Crippen LogP contribution in [0.4, 0.5) is 0 Å². The monoisotopic (exact) mass is 272 g/mol. The molecule has 0 bridgehead atoms. The van der Waals surface area contributed by atoms with E-state index >= 15 is 0 Å². The van der Waals surface area contributed by atoms with Crippen LogP contribution in [0.25, 0.3) is 0 Å². The van der Waals surface area contributed by atoms with Crippen LogP contribution >= 0.6 is 0 Å². The normalized spacial score (nSPS) is 9.95. The van der Waals surface area contributed by atoms with E-state index in [-0.39, 0.29) is 5.78 Å². The summed E-state index contributed by atoms with van der Waals surface area (Å²) in [7, 11) is 1.92. The lowest BCUT2D eigenvalue weighted by Gasteiger charge is -2.02. The fourth-order valence-electron chi connectivity index (χ4n) is 1.94. The molecular formula is C17H24N2O. The number of hydrogen-bond donors (Lipinski definition) is 0. The molecule has 0 aliphatic heterocycles. The largest absolute Gasteiger partial charge is 0.337 e. The van der Waals surface area contributed by atoms with Gasteiger partial charge in [0.05, 0.1) is 6.33 Å². The van der Waals surface area contributed by atoms with Crippen molar-refractivity contribution in [2.24, 2.45) is 7.05 Å². The van der Waals surface area contributed by atoms with E-state index in [1.54, 1.807) is 6.33 Å². The van der Waals surface area contributed by atoms with Gasteiger partial charge in [-0.1, -0.05) is 39.2 Å². The van der Waals surface area contributed by atoms with Crippen molar-refractivity contribution in [3.05, 3.63) is 29.9 Å². The number of imidazole rings is 1. The Bertz CT molecular complexity index is 529. The van der Waals surface area contributed by atoms with Gasteiger partial charge in [-0.25, -0.2) is 4.98 Å². The summed E-state index contributed by atoms with van der Waals surface area (Å²) in [5.74, 6) is 5.34. The molecule has 1 aromatic heterocycles. The summed E-state index contributed by atoms with van der Waals surface area (Å²) in [5, 5.41) is 0. The van der Waals surface area contributed by atoms with Crippen molar-refractivity contribution in [2.45, 2.75) is 52.4 Å². The average Bonchev–Trinajstić information content (AvgIpc) is 2.81. The van der Waals surface area contributed by atoms with Gasteiger partial charge in [-0.2, -0.15) is 0 Å². The average molecular weight is 272 g/mol. The van der Waals surface area contributed by atoms with Crippen molar-refractivity contribution in [2.75, 3.05) is 0 Å². The lowest BCUT2D eigenvalue weighted by molar-refractivity contribution is 0.105. The second-order valence-electron chi connectivity index (χ2n) is 5.04. The van der Waals surface area contributed by atoms with Gasteiger partial charge in [-0.05, 0) is 37.2 Å². The van der Waals surface area contributed by atoms with Crippen molar-refractivity contribution in [3.63, 3.8) is 0 Å². The lowest BCUT2D eigenvalue weighted by atomic mass is 10.1. The quantitative estimate of drug-likeness (QED) is 0.431. The van der Waals surface area contributed by atoms with Gasteiger partial charge in [-0.3, -0.25) is 4.79 Å². The van der Waals surface area contributed by atoms with Crippen LogP contribution in [0.1, 0.15) is 62.1 Å². The Hall–Kier alpha value is -1.82. The lowest BCUT2D eigenvalue weighted by Crippen LogP contribution is -2.04. The Morgan fingerprint density at radius 3 is 2.65 bits per heavy atom. The van der Waals surface area contributed by atoms with E-state index < -0.39 is 0 Å². The molecule has 3 heteroatoms. The molecule has 0 saturated heterocycles.